The van der Waals surface area contributed by atoms with Gasteiger partial charge >= 0.3 is 5.97 Å². The molecule has 4 amide bonds. The number of aliphatic carboxylic acids is 1. The van der Waals surface area contributed by atoms with E-state index in [9.17, 15) is 39.3 Å². The van der Waals surface area contributed by atoms with E-state index < -0.39 is 60.1 Å². The Morgan fingerprint density at radius 1 is 0.816 bits per heavy atom. The minimum atomic E-state index is -1.65. The summed E-state index contributed by atoms with van der Waals surface area (Å²) >= 11 is 0. The molecule has 0 aromatic rings. The van der Waals surface area contributed by atoms with Crippen LogP contribution in [-0.4, -0.2) is 93.9 Å². The van der Waals surface area contributed by atoms with Crippen LogP contribution in [0.25, 0.3) is 0 Å². The van der Waals surface area contributed by atoms with Crippen LogP contribution >= 0.6 is 0 Å². The van der Waals surface area contributed by atoms with Crippen molar-refractivity contribution in [3.05, 3.63) is 0 Å². The fourth-order valence-corrected chi connectivity index (χ4v) is 4.12. The highest BCUT2D eigenvalue weighted by atomic mass is 16.4. The lowest BCUT2D eigenvalue weighted by molar-refractivity contribution is -0.146. The highest BCUT2D eigenvalue weighted by Gasteiger charge is 2.36. The molecule has 8 atom stereocenters. The molecule has 1 aliphatic heterocycles. The van der Waals surface area contributed by atoms with Crippen molar-refractivity contribution in [3.63, 3.8) is 0 Å². The maximum absolute atomic E-state index is 13.3. The van der Waals surface area contributed by atoms with Crippen LogP contribution in [0.5, 0.6) is 0 Å². The van der Waals surface area contributed by atoms with Crippen LogP contribution in [0.1, 0.15) is 67.2 Å². The average Bonchev–Trinajstić information content (AvgIpc) is 3.37. The predicted octanol–water partition coefficient (Wildman–Crippen LogP) is -1.38. The second-order valence-electron chi connectivity index (χ2n) is 10.5. The van der Waals surface area contributed by atoms with E-state index in [1.165, 1.54) is 13.8 Å². The van der Waals surface area contributed by atoms with Crippen LogP contribution in [0.4, 0.5) is 0 Å². The van der Waals surface area contributed by atoms with E-state index in [4.69, 9.17) is 0 Å². The highest BCUT2D eigenvalue weighted by molar-refractivity contribution is 5.95. The number of hydrogen-bond donors (Lipinski definition) is 8. The van der Waals surface area contributed by atoms with Crippen molar-refractivity contribution in [3.8, 4) is 0 Å². The van der Waals surface area contributed by atoms with Gasteiger partial charge in [0.25, 0.3) is 0 Å². The Kier molecular flexibility index (Phi) is 13.6. The molecule has 0 bridgehead atoms. The maximum atomic E-state index is 13.3. The summed E-state index contributed by atoms with van der Waals surface area (Å²) in [5.74, 6) is -4.41. The smallest absolute Gasteiger partial charge is 0.328 e. The van der Waals surface area contributed by atoms with Crippen molar-refractivity contribution >= 4 is 29.6 Å². The lowest BCUT2D eigenvalue weighted by atomic mass is 9.96. The fourth-order valence-electron chi connectivity index (χ4n) is 4.12. The third kappa shape index (κ3) is 10.2. The van der Waals surface area contributed by atoms with Crippen LogP contribution in [0.15, 0.2) is 0 Å². The number of aliphatic hydroxyl groups is 2. The van der Waals surface area contributed by atoms with Gasteiger partial charge in [0.1, 0.15) is 18.1 Å². The Morgan fingerprint density at radius 2 is 1.34 bits per heavy atom. The van der Waals surface area contributed by atoms with Crippen LogP contribution < -0.4 is 26.6 Å². The lowest BCUT2D eigenvalue weighted by Crippen LogP contribution is -2.62. The number of amides is 4. The third-order valence-corrected chi connectivity index (χ3v) is 6.62. The number of carboxylic acids is 1. The molecule has 1 saturated heterocycles. The van der Waals surface area contributed by atoms with Gasteiger partial charge in [-0.1, -0.05) is 34.1 Å². The second kappa shape index (κ2) is 15.6. The zero-order valence-electron chi connectivity index (χ0n) is 23.1. The van der Waals surface area contributed by atoms with Crippen molar-refractivity contribution in [2.24, 2.45) is 11.8 Å². The van der Waals surface area contributed by atoms with Gasteiger partial charge < -0.3 is 41.9 Å². The van der Waals surface area contributed by atoms with E-state index in [-0.39, 0.29) is 23.8 Å². The van der Waals surface area contributed by atoms with Gasteiger partial charge in [0, 0.05) is 0 Å². The number of nitrogens with one attached hydrogen (secondary N) is 5. The van der Waals surface area contributed by atoms with Gasteiger partial charge in [-0.2, -0.15) is 0 Å². The first-order valence-electron chi connectivity index (χ1n) is 13.2. The van der Waals surface area contributed by atoms with Gasteiger partial charge in [-0.3, -0.25) is 19.2 Å². The largest absolute Gasteiger partial charge is 0.480 e. The van der Waals surface area contributed by atoms with Gasteiger partial charge in [0.05, 0.1) is 18.2 Å². The van der Waals surface area contributed by atoms with Crippen LogP contribution in [0.3, 0.4) is 0 Å². The predicted molar refractivity (Wildman–Crippen MR) is 139 cm³/mol. The summed E-state index contributed by atoms with van der Waals surface area (Å²) in [4.78, 5) is 63.2. The quantitative estimate of drug-likeness (QED) is 0.122. The average molecular weight is 544 g/mol. The molecule has 0 spiro atoms. The Hall–Kier alpha value is -2.77. The van der Waals surface area contributed by atoms with Gasteiger partial charge in [-0.05, 0) is 51.5 Å². The Bertz CT molecular complexity index is 829. The second-order valence-corrected chi connectivity index (χ2v) is 10.5. The molecule has 0 aromatic carbocycles. The van der Waals surface area contributed by atoms with E-state index in [0.29, 0.717) is 19.3 Å². The van der Waals surface area contributed by atoms with Gasteiger partial charge in [-0.25, -0.2) is 4.79 Å². The summed E-state index contributed by atoms with van der Waals surface area (Å²) in [6, 6.07) is -5.58. The van der Waals surface area contributed by atoms with E-state index in [0.717, 1.165) is 13.0 Å². The number of carboxylic acid groups (broad SMARTS) is 1. The summed E-state index contributed by atoms with van der Waals surface area (Å²) in [5.41, 5.74) is 0. The summed E-state index contributed by atoms with van der Waals surface area (Å²) < 4.78 is 0. The first-order chi connectivity index (χ1) is 17.7. The lowest BCUT2D eigenvalue weighted by Gasteiger charge is -2.30. The monoisotopic (exact) mass is 543 g/mol. The van der Waals surface area contributed by atoms with Crippen LogP contribution in [-0.2, 0) is 24.0 Å². The maximum Gasteiger partial charge on any atom is 0.328 e. The first-order valence-corrected chi connectivity index (χ1v) is 13.2. The normalized spacial score (nSPS) is 20.8. The van der Waals surface area contributed by atoms with Crippen molar-refractivity contribution in [2.45, 2.75) is 110 Å². The van der Waals surface area contributed by atoms with Crippen LogP contribution in [0.2, 0.25) is 0 Å². The zero-order valence-corrected chi connectivity index (χ0v) is 23.1. The first kappa shape index (κ1) is 33.3. The highest BCUT2D eigenvalue weighted by Crippen LogP contribution is 2.13. The topological polar surface area (TPSA) is 206 Å². The Balaban J connectivity index is 3.05. The van der Waals surface area contributed by atoms with Crippen molar-refractivity contribution in [2.75, 3.05) is 6.54 Å². The van der Waals surface area contributed by atoms with E-state index >= 15 is 0 Å². The summed E-state index contributed by atoms with van der Waals surface area (Å²) in [7, 11) is 0. The number of rotatable bonds is 15. The summed E-state index contributed by atoms with van der Waals surface area (Å²) in [6.45, 7) is 10.5. The van der Waals surface area contributed by atoms with Crippen molar-refractivity contribution in [1.82, 2.24) is 26.6 Å². The van der Waals surface area contributed by atoms with Crippen molar-refractivity contribution < 1.29 is 39.3 Å². The molecule has 0 saturated carbocycles. The van der Waals surface area contributed by atoms with Crippen molar-refractivity contribution in [1.29, 1.82) is 0 Å². The number of carbonyl (C=O) groups is 5. The minimum absolute atomic E-state index is 0.0675. The number of aliphatic hydroxyl groups excluding tert-OH is 2. The number of hydrogen-bond acceptors (Lipinski definition) is 8. The summed E-state index contributed by atoms with van der Waals surface area (Å²) in [5, 5.41) is 42.1. The van der Waals surface area contributed by atoms with Gasteiger partial charge in [0.2, 0.25) is 23.6 Å². The molecule has 0 radical (unpaired) electrons. The molecule has 218 valence electrons. The number of carbonyl (C=O) groups excluding carboxylic acids is 4. The van der Waals surface area contributed by atoms with E-state index in [1.54, 1.807) is 6.92 Å². The summed E-state index contributed by atoms with van der Waals surface area (Å²) in [6.07, 6.45) is -0.490. The van der Waals surface area contributed by atoms with E-state index in [2.05, 4.69) is 26.6 Å². The van der Waals surface area contributed by atoms with Crippen LogP contribution in [0, 0.1) is 11.8 Å². The molecule has 0 aromatic heterocycles. The molecule has 0 unspecified atom stereocenters. The standard InChI is InChI=1S/C25H45N5O8/c1-7-13(4)18(23(35)29-19(14(5)31)24(36)30-20(15(6)32)25(37)38)28-22(34)17(11-12(2)3)27-21(33)16-9-8-10-26-16/h12-20,26,31-32H,7-11H2,1-6H3,(H,27,33)(H,28,34)(H,29,35)(H,30,36)(H,37,38)/t13-,14+,15+,16-,17-,18-,19-,20-/m0/s1. The SMILES string of the molecule is CC[C@H](C)[C@H](NC(=O)[C@H](CC(C)C)NC(=O)[C@@H]1CCCN1)C(=O)N[C@H](C(=O)N[C@H](C(=O)O)[C@@H](C)O)[C@@H](C)O. The fraction of sp³-hybridized carbons (Fsp3) is 0.800. The zero-order chi connectivity index (χ0) is 29.2. The third-order valence-electron chi connectivity index (χ3n) is 6.62. The molecule has 1 fully saturated rings. The van der Waals surface area contributed by atoms with E-state index in [1.807, 2.05) is 20.8 Å². The minimum Gasteiger partial charge on any atom is -0.480 e. The molecule has 1 aliphatic rings. The Labute approximate surface area is 223 Å². The molecular weight excluding hydrogens is 498 g/mol. The molecule has 8 N–H and O–H groups in total. The molecular formula is C25H45N5O8. The van der Waals surface area contributed by atoms with Gasteiger partial charge in [-0.15, -0.1) is 0 Å². The van der Waals surface area contributed by atoms with Gasteiger partial charge in [0.15, 0.2) is 6.04 Å². The molecule has 13 nitrogen and oxygen atoms in total. The molecule has 0 aliphatic carbocycles. The Morgan fingerprint density at radius 3 is 1.79 bits per heavy atom. The molecule has 38 heavy (non-hydrogen) atoms. The molecule has 13 heteroatoms. The molecule has 1 rings (SSSR count). The molecule has 1 heterocycles.